The average molecular weight is 296 g/mol. The molecule has 0 aliphatic carbocycles. The second-order valence-electron chi connectivity index (χ2n) is 4.23. The first kappa shape index (κ1) is 16.7. The molecule has 0 fully saturated rings. The number of hydrogen-bond acceptors (Lipinski definition) is 4. The van der Waals surface area contributed by atoms with Gasteiger partial charge in [0.2, 0.25) is 0 Å². The lowest BCUT2D eigenvalue weighted by Crippen LogP contribution is -2.07. The van der Waals surface area contributed by atoms with Gasteiger partial charge >= 0.3 is 0 Å². The quantitative estimate of drug-likeness (QED) is 0.454. The number of aliphatic hydroxyl groups is 1. The Morgan fingerprint density at radius 2 is 1.70 bits per heavy atom. The Labute approximate surface area is 120 Å². The first-order valence-corrected chi connectivity index (χ1v) is 8.09. The second kappa shape index (κ2) is 9.54. The SMILES string of the molecule is O=S(=O)(OCCCCCC#CCCO)c1ccccc1. The van der Waals surface area contributed by atoms with Crippen molar-refractivity contribution in [1.29, 1.82) is 0 Å². The Kier molecular flexibility index (Phi) is 7.97. The third kappa shape index (κ3) is 6.71. The predicted octanol–water partition coefficient (Wildman–Crippen LogP) is 2.34. The molecule has 0 saturated heterocycles. The van der Waals surface area contributed by atoms with Gasteiger partial charge in [0.15, 0.2) is 0 Å². The molecule has 5 heteroatoms. The van der Waals surface area contributed by atoms with Crippen LogP contribution in [0.1, 0.15) is 32.1 Å². The number of benzene rings is 1. The molecular formula is C15H20O4S. The molecule has 0 amide bonds. The molecule has 20 heavy (non-hydrogen) atoms. The Morgan fingerprint density at radius 3 is 2.40 bits per heavy atom. The molecule has 0 spiro atoms. The lowest BCUT2D eigenvalue weighted by Gasteiger charge is -2.04. The van der Waals surface area contributed by atoms with Crippen molar-refractivity contribution in [3.05, 3.63) is 30.3 Å². The van der Waals surface area contributed by atoms with Gasteiger partial charge in [-0.15, -0.1) is 11.8 Å². The van der Waals surface area contributed by atoms with E-state index in [0.717, 1.165) is 19.3 Å². The molecule has 1 N–H and O–H groups in total. The van der Waals surface area contributed by atoms with Crippen LogP contribution in [0.25, 0.3) is 0 Å². The molecule has 1 rings (SSSR count). The van der Waals surface area contributed by atoms with Crippen molar-refractivity contribution in [1.82, 2.24) is 0 Å². The van der Waals surface area contributed by atoms with Gasteiger partial charge in [-0.1, -0.05) is 24.6 Å². The van der Waals surface area contributed by atoms with Crippen LogP contribution in [0.5, 0.6) is 0 Å². The van der Waals surface area contributed by atoms with Gasteiger partial charge in [0, 0.05) is 12.8 Å². The van der Waals surface area contributed by atoms with Crippen LogP contribution in [-0.4, -0.2) is 26.7 Å². The van der Waals surface area contributed by atoms with E-state index >= 15 is 0 Å². The molecule has 0 heterocycles. The van der Waals surface area contributed by atoms with Gasteiger partial charge in [-0.3, -0.25) is 4.18 Å². The Hall–Kier alpha value is -1.35. The lowest BCUT2D eigenvalue weighted by molar-refractivity contribution is 0.305. The largest absolute Gasteiger partial charge is 0.395 e. The second-order valence-corrected chi connectivity index (χ2v) is 5.84. The van der Waals surface area contributed by atoms with Gasteiger partial charge in [-0.25, -0.2) is 0 Å². The monoisotopic (exact) mass is 296 g/mol. The molecular weight excluding hydrogens is 276 g/mol. The van der Waals surface area contributed by atoms with Crippen LogP contribution in [0.4, 0.5) is 0 Å². The molecule has 4 nitrogen and oxygen atoms in total. The van der Waals surface area contributed by atoms with Crippen LogP contribution in [0.2, 0.25) is 0 Å². The van der Waals surface area contributed by atoms with E-state index in [9.17, 15) is 8.42 Å². The van der Waals surface area contributed by atoms with Crippen molar-refractivity contribution in [2.45, 2.75) is 37.0 Å². The van der Waals surface area contributed by atoms with Crippen molar-refractivity contribution in [2.75, 3.05) is 13.2 Å². The van der Waals surface area contributed by atoms with Crippen LogP contribution >= 0.6 is 0 Å². The third-order valence-electron chi connectivity index (χ3n) is 2.58. The van der Waals surface area contributed by atoms with Gasteiger partial charge in [0.25, 0.3) is 10.1 Å². The van der Waals surface area contributed by atoms with E-state index < -0.39 is 10.1 Å². The van der Waals surface area contributed by atoms with Crippen LogP contribution in [-0.2, 0) is 14.3 Å². The number of hydrogen-bond donors (Lipinski definition) is 1. The number of rotatable bonds is 8. The smallest absolute Gasteiger partial charge is 0.296 e. The summed E-state index contributed by atoms with van der Waals surface area (Å²) >= 11 is 0. The maximum atomic E-state index is 11.8. The van der Waals surface area contributed by atoms with E-state index in [0.29, 0.717) is 12.8 Å². The third-order valence-corrected chi connectivity index (χ3v) is 3.90. The van der Waals surface area contributed by atoms with Gasteiger partial charge < -0.3 is 5.11 Å². The minimum absolute atomic E-state index is 0.0954. The molecule has 0 aliphatic rings. The summed E-state index contributed by atoms with van der Waals surface area (Å²) in [5.41, 5.74) is 0. The molecule has 0 unspecified atom stereocenters. The fraction of sp³-hybridized carbons (Fsp3) is 0.467. The van der Waals surface area contributed by atoms with Gasteiger partial charge in [-0.2, -0.15) is 8.42 Å². The molecule has 0 saturated carbocycles. The predicted molar refractivity (Wildman–Crippen MR) is 77.5 cm³/mol. The highest BCUT2D eigenvalue weighted by Crippen LogP contribution is 2.12. The van der Waals surface area contributed by atoms with E-state index in [4.69, 9.17) is 9.29 Å². The van der Waals surface area contributed by atoms with Crippen molar-refractivity contribution >= 4 is 10.1 Å². The highest BCUT2D eigenvalue weighted by Gasteiger charge is 2.13. The minimum atomic E-state index is -3.62. The topological polar surface area (TPSA) is 63.6 Å². The molecule has 110 valence electrons. The fourth-order valence-electron chi connectivity index (χ4n) is 1.55. The van der Waals surface area contributed by atoms with E-state index in [2.05, 4.69) is 11.8 Å². The Bertz CT molecular complexity index is 526. The van der Waals surface area contributed by atoms with Crippen molar-refractivity contribution < 1.29 is 17.7 Å². The minimum Gasteiger partial charge on any atom is -0.395 e. The van der Waals surface area contributed by atoms with E-state index in [1.165, 1.54) is 12.1 Å². The lowest BCUT2D eigenvalue weighted by atomic mass is 10.2. The molecule has 0 bridgehead atoms. The molecule has 0 aliphatic heterocycles. The normalized spacial score (nSPS) is 10.8. The number of unbranched alkanes of at least 4 members (excludes halogenated alkanes) is 3. The standard InChI is InChI=1S/C15H20O4S/c16-13-9-4-2-1-3-5-10-14-19-20(17,18)15-11-7-6-8-12-15/h6-8,11-12,16H,1,3,5,9-10,13-14H2. The van der Waals surface area contributed by atoms with Crippen LogP contribution in [0.3, 0.4) is 0 Å². The first-order valence-electron chi connectivity index (χ1n) is 6.68. The maximum absolute atomic E-state index is 11.8. The summed E-state index contributed by atoms with van der Waals surface area (Å²) in [5, 5.41) is 8.53. The van der Waals surface area contributed by atoms with Gasteiger partial charge in [0.05, 0.1) is 18.1 Å². The van der Waals surface area contributed by atoms with Crippen LogP contribution in [0.15, 0.2) is 35.2 Å². The molecule has 0 atom stereocenters. The summed E-state index contributed by atoms with van der Waals surface area (Å²) in [6.45, 7) is 0.291. The summed E-state index contributed by atoms with van der Waals surface area (Å²) < 4.78 is 28.5. The zero-order valence-corrected chi connectivity index (χ0v) is 12.2. The Balaban J connectivity index is 2.17. The van der Waals surface area contributed by atoms with Crippen LogP contribution < -0.4 is 0 Å². The van der Waals surface area contributed by atoms with E-state index in [1.54, 1.807) is 18.2 Å². The maximum Gasteiger partial charge on any atom is 0.296 e. The molecule has 1 aromatic carbocycles. The Morgan fingerprint density at radius 1 is 1.00 bits per heavy atom. The van der Waals surface area contributed by atoms with Gasteiger partial charge in [0.1, 0.15) is 0 Å². The van der Waals surface area contributed by atoms with Gasteiger partial charge in [-0.05, 0) is 25.0 Å². The van der Waals surface area contributed by atoms with Crippen molar-refractivity contribution in [2.24, 2.45) is 0 Å². The highest BCUT2D eigenvalue weighted by atomic mass is 32.2. The summed E-state index contributed by atoms with van der Waals surface area (Å²) in [5.74, 6) is 5.79. The zero-order chi connectivity index (χ0) is 14.7. The molecule has 0 aromatic heterocycles. The molecule has 1 aromatic rings. The van der Waals surface area contributed by atoms with Crippen molar-refractivity contribution in [3.8, 4) is 11.8 Å². The van der Waals surface area contributed by atoms with E-state index in [-0.39, 0.29) is 18.1 Å². The zero-order valence-electron chi connectivity index (χ0n) is 11.4. The number of aliphatic hydroxyl groups excluding tert-OH is 1. The highest BCUT2D eigenvalue weighted by molar-refractivity contribution is 7.86. The summed E-state index contributed by atoms with van der Waals surface area (Å²) in [4.78, 5) is 0.190. The summed E-state index contributed by atoms with van der Waals surface area (Å²) in [6, 6.07) is 8.14. The van der Waals surface area contributed by atoms with Crippen molar-refractivity contribution in [3.63, 3.8) is 0 Å². The molecule has 0 radical (unpaired) electrons. The average Bonchev–Trinajstić information content (AvgIpc) is 2.46. The fourth-order valence-corrected chi connectivity index (χ4v) is 2.51. The first-order chi connectivity index (χ1) is 9.67. The van der Waals surface area contributed by atoms with E-state index in [1.807, 2.05) is 0 Å². The summed E-state index contributed by atoms with van der Waals surface area (Å²) in [7, 11) is -3.62. The summed E-state index contributed by atoms with van der Waals surface area (Å²) in [6.07, 6.45) is 3.75. The van der Waals surface area contributed by atoms with Crippen LogP contribution in [0, 0.1) is 11.8 Å².